The van der Waals surface area contributed by atoms with Crippen LogP contribution >= 0.6 is 0 Å². The first kappa shape index (κ1) is 24.0. The molecule has 2 heterocycles. The van der Waals surface area contributed by atoms with E-state index in [1.54, 1.807) is 26.2 Å². The fraction of sp³-hybridized carbons (Fsp3) is 0.360. The first-order valence-electron chi connectivity index (χ1n) is 11.4. The average Bonchev–Trinajstić information content (AvgIpc) is 2.85. The molecule has 1 saturated heterocycles. The van der Waals surface area contributed by atoms with Crippen LogP contribution in [-0.2, 0) is 10.0 Å². The summed E-state index contributed by atoms with van der Waals surface area (Å²) in [6.45, 7) is 4.97. The molecular weight excluding hydrogens is 454 g/mol. The number of nitrogens with one attached hydrogen (secondary N) is 1. The molecule has 0 radical (unpaired) electrons. The fourth-order valence-electron chi connectivity index (χ4n) is 4.10. The number of nitrogens with zero attached hydrogens (tertiary/aromatic N) is 2. The largest absolute Gasteiger partial charge is 0.497 e. The molecule has 0 spiro atoms. The van der Waals surface area contributed by atoms with Crippen molar-refractivity contribution >= 4 is 32.5 Å². The normalized spacial score (nSPS) is 14.7. The second-order valence-corrected chi connectivity index (χ2v) is 10.1. The van der Waals surface area contributed by atoms with Crippen molar-refractivity contribution in [3.63, 3.8) is 0 Å². The molecule has 1 fully saturated rings. The van der Waals surface area contributed by atoms with E-state index in [1.807, 2.05) is 25.1 Å². The summed E-state index contributed by atoms with van der Waals surface area (Å²) in [4.78, 5) is 17.9. The van der Waals surface area contributed by atoms with Gasteiger partial charge in [-0.25, -0.2) is 8.42 Å². The number of anilines is 1. The number of carbonyl (C=O) groups is 1. The van der Waals surface area contributed by atoms with Crippen LogP contribution in [-0.4, -0.2) is 50.4 Å². The lowest BCUT2D eigenvalue weighted by molar-refractivity contribution is 0.102. The van der Waals surface area contributed by atoms with Crippen LogP contribution in [0, 0.1) is 6.92 Å². The first-order chi connectivity index (χ1) is 16.3. The first-order valence-corrected chi connectivity index (χ1v) is 12.8. The van der Waals surface area contributed by atoms with Crippen LogP contribution in [0.1, 0.15) is 42.2 Å². The minimum atomic E-state index is -3.66. The average molecular weight is 484 g/mol. The Hall–Kier alpha value is -3.17. The van der Waals surface area contributed by atoms with Crippen molar-refractivity contribution in [2.24, 2.45) is 0 Å². The maximum atomic E-state index is 13.3. The third kappa shape index (κ3) is 4.85. The molecule has 0 unspecified atom stereocenters. The van der Waals surface area contributed by atoms with Crippen LogP contribution in [0.25, 0.3) is 10.9 Å². The molecule has 8 nitrogen and oxygen atoms in total. The fourth-order valence-corrected chi connectivity index (χ4v) is 5.64. The number of hydrogen-bond acceptors (Lipinski definition) is 6. The van der Waals surface area contributed by atoms with Crippen molar-refractivity contribution < 1.29 is 22.7 Å². The van der Waals surface area contributed by atoms with Gasteiger partial charge in [0.25, 0.3) is 5.91 Å². The molecule has 0 bridgehead atoms. The summed E-state index contributed by atoms with van der Waals surface area (Å²) < 4.78 is 38.8. The zero-order valence-electron chi connectivity index (χ0n) is 19.6. The molecular formula is C25H29N3O5S. The van der Waals surface area contributed by atoms with Gasteiger partial charge in [0.2, 0.25) is 10.0 Å². The monoisotopic (exact) mass is 483 g/mol. The van der Waals surface area contributed by atoms with Gasteiger partial charge in [0.05, 0.1) is 41.1 Å². The van der Waals surface area contributed by atoms with Crippen molar-refractivity contribution in [2.45, 2.75) is 38.0 Å². The number of carbonyl (C=O) groups excluding carboxylic acids is 1. The second-order valence-electron chi connectivity index (χ2n) is 8.19. The molecule has 1 N–H and O–H groups in total. The number of pyridine rings is 1. The molecule has 0 saturated carbocycles. The van der Waals surface area contributed by atoms with E-state index in [-0.39, 0.29) is 4.90 Å². The maximum Gasteiger partial charge on any atom is 0.257 e. The minimum Gasteiger partial charge on any atom is -0.497 e. The van der Waals surface area contributed by atoms with Crippen LogP contribution in [0.15, 0.2) is 47.4 Å². The summed E-state index contributed by atoms with van der Waals surface area (Å²) in [5.74, 6) is 0.670. The molecule has 0 atom stereocenters. The zero-order chi connectivity index (χ0) is 24.3. The summed E-state index contributed by atoms with van der Waals surface area (Å²) in [7, 11) is -2.08. The molecule has 9 heteroatoms. The number of fused-ring (bicyclic) bond motifs is 1. The number of ether oxygens (including phenoxy) is 2. The molecule has 180 valence electrons. The Balaban J connectivity index is 1.69. The highest BCUT2D eigenvalue weighted by Gasteiger charge is 2.27. The molecule has 2 aromatic carbocycles. The molecule has 1 aromatic heterocycles. The number of amides is 1. The number of benzene rings is 2. The van der Waals surface area contributed by atoms with Crippen LogP contribution in [0.4, 0.5) is 5.69 Å². The quantitative estimate of drug-likeness (QED) is 0.536. The summed E-state index contributed by atoms with van der Waals surface area (Å²) in [6, 6.07) is 11.8. The van der Waals surface area contributed by atoms with Crippen molar-refractivity contribution in [3.8, 4) is 11.5 Å². The number of aromatic nitrogens is 1. The molecule has 4 rings (SSSR count). The topological polar surface area (TPSA) is 97.8 Å². The standard InChI is InChI=1S/C25H29N3O5S/c1-4-33-24-11-9-20(34(30,31)28-12-6-5-7-13-28)16-23(24)27-25(29)21-15-18-14-19(32-3)8-10-22(18)26-17(21)2/h8-11,14-16H,4-7,12-13H2,1-3H3,(H,27,29). The number of piperidine rings is 1. The van der Waals surface area contributed by atoms with Gasteiger partial charge >= 0.3 is 0 Å². The summed E-state index contributed by atoms with van der Waals surface area (Å²) in [5, 5.41) is 3.61. The number of methoxy groups -OCH3 is 1. The van der Waals surface area contributed by atoms with Crippen molar-refractivity contribution in [1.82, 2.24) is 9.29 Å². The van der Waals surface area contributed by atoms with Gasteiger partial charge in [-0.15, -0.1) is 0 Å². The number of hydrogen-bond donors (Lipinski definition) is 1. The Kier molecular flexibility index (Phi) is 7.04. The second kappa shape index (κ2) is 9.99. The minimum absolute atomic E-state index is 0.131. The lowest BCUT2D eigenvalue weighted by atomic mass is 10.1. The van der Waals surface area contributed by atoms with E-state index in [9.17, 15) is 13.2 Å². The predicted octanol–water partition coefficient (Wildman–Crippen LogP) is 4.38. The molecule has 3 aromatic rings. The van der Waals surface area contributed by atoms with E-state index in [0.717, 1.165) is 30.2 Å². The number of sulfonamides is 1. The summed E-state index contributed by atoms with van der Waals surface area (Å²) in [5.41, 5.74) is 1.99. The summed E-state index contributed by atoms with van der Waals surface area (Å²) in [6.07, 6.45) is 2.72. The highest BCUT2D eigenvalue weighted by atomic mass is 32.2. The predicted molar refractivity (Wildman–Crippen MR) is 131 cm³/mol. The molecule has 1 amide bonds. The van der Waals surface area contributed by atoms with Crippen molar-refractivity contribution in [3.05, 3.63) is 53.7 Å². The molecule has 1 aliphatic heterocycles. The van der Waals surface area contributed by atoms with Crippen LogP contribution in [0.5, 0.6) is 11.5 Å². The Bertz CT molecular complexity index is 1320. The Labute approximate surface area is 199 Å². The van der Waals surface area contributed by atoms with E-state index in [1.165, 1.54) is 16.4 Å². The third-order valence-electron chi connectivity index (χ3n) is 5.91. The maximum absolute atomic E-state index is 13.3. The van der Waals surface area contributed by atoms with Crippen molar-refractivity contribution in [1.29, 1.82) is 0 Å². The van der Waals surface area contributed by atoms with Gasteiger partial charge in [0.1, 0.15) is 11.5 Å². The zero-order valence-corrected chi connectivity index (χ0v) is 20.4. The van der Waals surface area contributed by atoms with E-state index in [0.29, 0.717) is 48.1 Å². The molecule has 0 aliphatic carbocycles. The lowest BCUT2D eigenvalue weighted by Gasteiger charge is -2.26. The van der Waals surface area contributed by atoms with E-state index < -0.39 is 15.9 Å². The Morgan fingerprint density at radius 1 is 1.09 bits per heavy atom. The van der Waals surface area contributed by atoms with Gasteiger partial charge in [-0.05, 0) is 69.2 Å². The SMILES string of the molecule is CCOc1ccc(S(=O)(=O)N2CCCCC2)cc1NC(=O)c1cc2cc(OC)ccc2nc1C. The van der Waals surface area contributed by atoms with Crippen LogP contribution in [0.2, 0.25) is 0 Å². The van der Waals surface area contributed by atoms with Crippen LogP contribution < -0.4 is 14.8 Å². The van der Waals surface area contributed by atoms with E-state index in [4.69, 9.17) is 9.47 Å². The Morgan fingerprint density at radius 2 is 1.85 bits per heavy atom. The van der Waals surface area contributed by atoms with E-state index >= 15 is 0 Å². The number of aryl methyl sites for hydroxylation is 1. The molecule has 1 aliphatic rings. The van der Waals surface area contributed by atoms with Gasteiger partial charge in [-0.2, -0.15) is 4.31 Å². The van der Waals surface area contributed by atoms with Gasteiger partial charge < -0.3 is 14.8 Å². The number of rotatable bonds is 7. The van der Waals surface area contributed by atoms with E-state index in [2.05, 4.69) is 10.3 Å². The summed E-state index contributed by atoms with van der Waals surface area (Å²) >= 11 is 0. The third-order valence-corrected chi connectivity index (χ3v) is 7.80. The highest BCUT2D eigenvalue weighted by molar-refractivity contribution is 7.89. The lowest BCUT2D eigenvalue weighted by Crippen LogP contribution is -2.35. The van der Waals surface area contributed by atoms with Gasteiger partial charge in [-0.1, -0.05) is 6.42 Å². The smallest absolute Gasteiger partial charge is 0.257 e. The highest BCUT2D eigenvalue weighted by Crippen LogP contribution is 2.31. The van der Waals surface area contributed by atoms with Crippen LogP contribution in [0.3, 0.4) is 0 Å². The van der Waals surface area contributed by atoms with Gasteiger partial charge in [0.15, 0.2) is 0 Å². The van der Waals surface area contributed by atoms with Gasteiger partial charge in [-0.3, -0.25) is 9.78 Å². The molecule has 34 heavy (non-hydrogen) atoms. The van der Waals surface area contributed by atoms with Gasteiger partial charge in [0, 0.05) is 18.5 Å². The Morgan fingerprint density at radius 3 is 2.56 bits per heavy atom. The van der Waals surface area contributed by atoms with Crippen molar-refractivity contribution in [2.75, 3.05) is 32.1 Å².